The van der Waals surface area contributed by atoms with Crippen LogP contribution in [0.5, 0.6) is 0 Å². The van der Waals surface area contributed by atoms with Crippen molar-refractivity contribution >= 4 is 28.8 Å². The van der Waals surface area contributed by atoms with Crippen LogP contribution in [-0.2, 0) is 6.42 Å². The summed E-state index contributed by atoms with van der Waals surface area (Å²) in [5.74, 6) is 2.05. The van der Waals surface area contributed by atoms with Gasteiger partial charge in [-0.3, -0.25) is 10.1 Å². The van der Waals surface area contributed by atoms with Gasteiger partial charge in [-0.15, -0.1) is 0 Å². The molecule has 0 fully saturated rings. The molecule has 4 N–H and O–H groups in total. The summed E-state index contributed by atoms with van der Waals surface area (Å²) < 4.78 is 0. The predicted octanol–water partition coefficient (Wildman–Crippen LogP) is 3.74. The second kappa shape index (κ2) is 6.80. The first-order valence-electron chi connectivity index (χ1n) is 8.51. The van der Waals surface area contributed by atoms with Crippen molar-refractivity contribution in [1.29, 1.82) is 0 Å². The Morgan fingerprint density at radius 3 is 2.72 bits per heavy atom. The molecule has 128 valence electrons. The van der Waals surface area contributed by atoms with Crippen LogP contribution in [0.4, 0.5) is 28.8 Å². The van der Waals surface area contributed by atoms with Crippen LogP contribution in [0.1, 0.15) is 24.1 Å². The van der Waals surface area contributed by atoms with Crippen LogP contribution >= 0.6 is 0 Å². The van der Waals surface area contributed by atoms with Crippen molar-refractivity contribution in [3.8, 4) is 0 Å². The summed E-state index contributed by atoms with van der Waals surface area (Å²) in [6.45, 7) is 2.98. The molecule has 0 aliphatic carbocycles. The number of aromatic nitrogens is 4. The minimum Gasteiger partial charge on any atom is -0.385 e. The van der Waals surface area contributed by atoms with Crippen molar-refractivity contribution < 1.29 is 0 Å². The summed E-state index contributed by atoms with van der Waals surface area (Å²) >= 11 is 0. The fraction of sp³-hybridized carbons (Fsp3) is 0.278. The largest absolute Gasteiger partial charge is 0.385 e. The number of hydrogen-bond donors (Lipinski definition) is 4. The Kier molecular flexibility index (Phi) is 4.20. The number of aromatic amines is 1. The molecular formula is C18H21N7. The zero-order valence-corrected chi connectivity index (χ0v) is 14.1. The Balaban J connectivity index is 1.51. The first-order valence-corrected chi connectivity index (χ1v) is 8.51. The van der Waals surface area contributed by atoms with Gasteiger partial charge in [0.05, 0.1) is 12.4 Å². The average Bonchev–Trinajstić information content (AvgIpc) is 2.88. The smallest absolute Gasteiger partial charge is 0.153 e. The second-order valence-corrected chi connectivity index (χ2v) is 6.23. The highest BCUT2D eigenvalue weighted by Crippen LogP contribution is 2.26. The van der Waals surface area contributed by atoms with E-state index >= 15 is 0 Å². The summed E-state index contributed by atoms with van der Waals surface area (Å²) in [7, 11) is 0. The number of nitrogens with one attached hydrogen (secondary N) is 4. The van der Waals surface area contributed by atoms with E-state index in [9.17, 15) is 0 Å². The minimum atomic E-state index is 0.643. The molecule has 7 nitrogen and oxygen atoms in total. The molecule has 25 heavy (non-hydrogen) atoms. The monoisotopic (exact) mass is 335 g/mol. The normalized spacial score (nSPS) is 13.5. The van der Waals surface area contributed by atoms with Crippen LogP contribution in [0.2, 0.25) is 0 Å². The van der Waals surface area contributed by atoms with Crippen LogP contribution in [0.25, 0.3) is 0 Å². The molecule has 1 aliphatic heterocycles. The van der Waals surface area contributed by atoms with Crippen molar-refractivity contribution in [3.05, 3.63) is 47.9 Å². The third-order valence-electron chi connectivity index (χ3n) is 4.17. The van der Waals surface area contributed by atoms with Crippen molar-refractivity contribution in [2.24, 2.45) is 0 Å². The van der Waals surface area contributed by atoms with Crippen LogP contribution in [0, 0.1) is 6.92 Å². The molecule has 0 bridgehead atoms. The highest BCUT2D eigenvalue weighted by molar-refractivity contribution is 5.66. The molecular weight excluding hydrogens is 314 g/mol. The van der Waals surface area contributed by atoms with E-state index < -0.39 is 0 Å². The van der Waals surface area contributed by atoms with Gasteiger partial charge in [-0.05, 0) is 43.9 Å². The van der Waals surface area contributed by atoms with Gasteiger partial charge in [0.15, 0.2) is 17.5 Å². The van der Waals surface area contributed by atoms with Gasteiger partial charge in [-0.2, -0.15) is 5.10 Å². The van der Waals surface area contributed by atoms with Gasteiger partial charge in [0, 0.05) is 29.7 Å². The topological polar surface area (TPSA) is 90.6 Å². The molecule has 0 amide bonds. The average molecular weight is 335 g/mol. The van der Waals surface area contributed by atoms with Crippen LogP contribution in [0.3, 0.4) is 0 Å². The number of benzene rings is 1. The Morgan fingerprint density at radius 1 is 1.00 bits per heavy atom. The Bertz CT molecular complexity index is 871. The van der Waals surface area contributed by atoms with Crippen molar-refractivity contribution in [3.63, 3.8) is 0 Å². The van der Waals surface area contributed by atoms with Crippen LogP contribution in [0.15, 0.2) is 36.7 Å². The fourth-order valence-electron chi connectivity index (χ4n) is 2.95. The maximum Gasteiger partial charge on any atom is 0.153 e. The van der Waals surface area contributed by atoms with E-state index in [1.165, 1.54) is 24.1 Å². The second-order valence-electron chi connectivity index (χ2n) is 6.23. The lowest BCUT2D eigenvalue weighted by Crippen LogP contribution is -2.02. The van der Waals surface area contributed by atoms with Crippen molar-refractivity contribution in [2.45, 2.75) is 26.2 Å². The van der Waals surface area contributed by atoms with E-state index in [0.29, 0.717) is 11.6 Å². The highest BCUT2D eigenvalue weighted by atomic mass is 15.2. The molecule has 0 spiro atoms. The predicted molar refractivity (Wildman–Crippen MR) is 99.8 cm³/mol. The van der Waals surface area contributed by atoms with E-state index in [0.717, 1.165) is 30.2 Å². The molecule has 1 aliphatic rings. The maximum absolute atomic E-state index is 4.54. The van der Waals surface area contributed by atoms with Crippen molar-refractivity contribution in [1.82, 2.24) is 20.2 Å². The Labute approximate surface area is 146 Å². The molecule has 0 saturated heterocycles. The number of nitrogens with zero attached hydrogens (tertiary/aromatic N) is 3. The number of H-pyrrole nitrogens is 1. The summed E-state index contributed by atoms with van der Waals surface area (Å²) in [5.41, 5.74) is 4.56. The zero-order chi connectivity index (χ0) is 17.1. The molecule has 4 rings (SSSR count). The number of hydrogen-bond acceptors (Lipinski definition) is 6. The van der Waals surface area contributed by atoms with Crippen molar-refractivity contribution in [2.75, 3.05) is 22.5 Å². The molecule has 3 aromatic rings. The van der Waals surface area contributed by atoms with Gasteiger partial charge in [-0.1, -0.05) is 6.07 Å². The number of rotatable bonds is 4. The summed E-state index contributed by atoms with van der Waals surface area (Å²) in [6, 6.07) is 8.32. The van der Waals surface area contributed by atoms with E-state index in [4.69, 9.17) is 0 Å². The number of anilines is 5. The molecule has 2 aromatic heterocycles. The third-order valence-corrected chi connectivity index (χ3v) is 4.17. The van der Waals surface area contributed by atoms with Gasteiger partial charge in [0.25, 0.3) is 0 Å². The Hall–Kier alpha value is -3.09. The lowest BCUT2D eigenvalue weighted by molar-refractivity contribution is 0.785. The van der Waals surface area contributed by atoms with E-state index in [1.54, 1.807) is 12.4 Å². The summed E-state index contributed by atoms with van der Waals surface area (Å²) in [4.78, 5) is 8.79. The van der Waals surface area contributed by atoms with Gasteiger partial charge in [0.2, 0.25) is 0 Å². The SMILES string of the molecule is Cc1cc(Nc2cncc(Nc3ccc4c(c3)NCCCC4)n2)n[nH]1. The van der Waals surface area contributed by atoms with Gasteiger partial charge in [-0.25, -0.2) is 4.98 Å². The minimum absolute atomic E-state index is 0.643. The molecule has 0 saturated carbocycles. The van der Waals surface area contributed by atoms with Gasteiger partial charge >= 0.3 is 0 Å². The van der Waals surface area contributed by atoms with Crippen LogP contribution in [-0.4, -0.2) is 26.7 Å². The molecule has 0 atom stereocenters. The summed E-state index contributed by atoms with van der Waals surface area (Å²) in [5, 5.41) is 17.0. The zero-order valence-electron chi connectivity index (χ0n) is 14.1. The number of fused-ring (bicyclic) bond motifs is 1. The lowest BCUT2D eigenvalue weighted by Gasteiger charge is -2.12. The molecule has 1 aromatic carbocycles. The Morgan fingerprint density at radius 2 is 1.88 bits per heavy atom. The quantitative estimate of drug-likeness (QED) is 0.581. The lowest BCUT2D eigenvalue weighted by atomic mass is 10.1. The van der Waals surface area contributed by atoms with E-state index in [2.05, 4.69) is 54.3 Å². The maximum atomic E-state index is 4.54. The molecule has 3 heterocycles. The van der Waals surface area contributed by atoms with Crippen LogP contribution < -0.4 is 16.0 Å². The summed E-state index contributed by atoms with van der Waals surface area (Å²) in [6.07, 6.45) is 6.96. The van der Waals surface area contributed by atoms with E-state index in [-0.39, 0.29) is 0 Å². The first kappa shape index (κ1) is 15.4. The first-order chi connectivity index (χ1) is 12.3. The standard InChI is InChI=1S/C18H21N7/c1-12-8-16(25-24-12)22-18-11-19-10-17(23-18)21-14-6-5-13-4-2-3-7-20-15(13)9-14/h5-6,8-11,20H,2-4,7H2,1H3,(H3,21,22,23,24,25). The van der Waals surface area contributed by atoms with Gasteiger partial charge < -0.3 is 16.0 Å². The number of aryl methyl sites for hydroxylation is 2. The fourth-order valence-corrected chi connectivity index (χ4v) is 2.95. The van der Waals surface area contributed by atoms with Gasteiger partial charge in [0.1, 0.15) is 0 Å². The highest BCUT2D eigenvalue weighted by Gasteiger charge is 2.09. The molecule has 0 unspecified atom stereocenters. The van der Waals surface area contributed by atoms with E-state index in [1.807, 2.05) is 13.0 Å². The molecule has 0 radical (unpaired) electrons. The molecule has 7 heteroatoms. The third kappa shape index (κ3) is 3.71.